The molecule has 2 fully saturated rings. The summed E-state index contributed by atoms with van der Waals surface area (Å²) < 4.78 is 0. The fraction of sp³-hybridized carbons (Fsp3) is 0.900. The fourth-order valence-corrected chi connectivity index (χ4v) is 2.00. The number of rotatable bonds is 4. The molecule has 0 aromatic heterocycles. The average Bonchev–Trinajstić information content (AvgIpc) is 2.70. The summed E-state index contributed by atoms with van der Waals surface area (Å²) in [4.78, 5) is 11.7. The molecule has 0 aliphatic heterocycles. The number of nitrogens with two attached hydrogens (primary N) is 1. The van der Waals surface area contributed by atoms with Gasteiger partial charge in [-0.05, 0) is 31.6 Å². The normalized spacial score (nSPS) is 26.4. The van der Waals surface area contributed by atoms with Gasteiger partial charge in [0.25, 0.3) is 0 Å². The number of hydrogen-bond acceptors (Lipinski definition) is 2. The minimum Gasteiger partial charge on any atom is -0.329 e. The zero-order valence-electron chi connectivity index (χ0n) is 7.51. The molecule has 68 valence electrons. The first kappa shape index (κ1) is 8.24. The van der Waals surface area contributed by atoms with Crippen LogP contribution in [0, 0.1) is 11.3 Å². The highest BCUT2D eigenvalue weighted by Crippen LogP contribution is 2.44. The zero-order chi connectivity index (χ0) is 8.60. The summed E-state index contributed by atoms with van der Waals surface area (Å²) in [5.74, 6) is 1.18. The molecule has 12 heavy (non-hydrogen) atoms. The van der Waals surface area contributed by atoms with Gasteiger partial charge in [-0.1, -0.05) is 6.42 Å². The maximum Gasteiger partial charge on any atom is 0.140 e. The molecule has 2 N–H and O–H groups in total. The molecule has 0 bridgehead atoms. The van der Waals surface area contributed by atoms with Gasteiger partial charge in [0.1, 0.15) is 5.78 Å². The molecule has 2 heteroatoms. The van der Waals surface area contributed by atoms with Crippen LogP contribution in [0.15, 0.2) is 0 Å². The minimum atomic E-state index is -0.0669. The van der Waals surface area contributed by atoms with Crippen LogP contribution in [0.4, 0.5) is 0 Å². The van der Waals surface area contributed by atoms with Crippen molar-refractivity contribution in [2.45, 2.75) is 38.5 Å². The second-order valence-corrected chi connectivity index (χ2v) is 4.41. The Bertz CT molecular complexity index is 187. The van der Waals surface area contributed by atoms with Crippen LogP contribution >= 0.6 is 0 Å². The molecule has 2 nitrogen and oxygen atoms in total. The number of hydrogen-bond donors (Lipinski definition) is 1. The molecule has 0 aromatic carbocycles. The van der Waals surface area contributed by atoms with E-state index in [0.29, 0.717) is 12.3 Å². The first-order valence-electron chi connectivity index (χ1n) is 5.00. The second-order valence-electron chi connectivity index (χ2n) is 4.41. The molecule has 0 atom stereocenters. The van der Waals surface area contributed by atoms with Gasteiger partial charge in [-0.25, -0.2) is 0 Å². The van der Waals surface area contributed by atoms with Gasteiger partial charge in [-0.3, -0.25) is 4.79 Å². The van der Waals surface area contributed by atoms with Gasteiger partial charge in [0.15, 0.2) is 0 Å². The van der Waals surface area contributed by atoms with E-state index in [1.165, 1.54) is 19.3 Å². The molecule has 0 amide bonds. The van der Waals surface area contributed by atoms with Gasteiger partial charge in [0, 0.05) is 18.4 Å². The predicted molar refractivity (Wildman–Crippen MR) is 47.7 cm³/mol. The van der Waals surface area contributed by atoms with Crippen molar-refractivity contribution in [3.63, 3.8) is 0 Å². The van der Waals surface area contributed by atoms with E-state index in [4.69, 9.17) is 5.73 Å². The Morgan fingerprint density at radius 3 is 2.42 bits per heavy atom. The molecule has 0 spiro atoms. The number of Topliss-reactive ketones (excluding diaryl/α,β-unsaturated/α-hetero) is 1. The fourth-order valence-electron chi connectivity index (χ4n) is 2.00. The van der Waals surface area contributed by atoms with Crippen LogP contribution in [0.2, 0.25) is 0 Å². The van der Waals surface area contributed by atoms with Crippen molar-refractivity contribution in [3.05, 3.63) is 0 Å². The van der Waals surface area contributed by atoms with Crippen LogP contribution in [0.25, 0.3) is 0 Å². The maximum absolute atomic E-state index is 11.7. The highest BCUT2D eigenvalue weighted by Gasteiger charge is 2.43. The van der Waals surface area contributed by atoms with Crippen LogP contribution in [0.5, 0.6) is 0 Å². The van der Waals surface area contributed by atoms with E-state index < -0.39 is 0 Å². The quantitative estimate of drug-likeness (QED) is 0.689. The van der Waals surface area contributed by atoms with E-state index >= 15 is 0 Å². The lowest BCUT2D eigenvalue weighted by Gasteiger charge is -2.39. The van der Waals surface area contributed by atoms with E-state index in [1.54, 1.807) is 0 Å². The van der Waals surface area contributed by atoms with Crippen LogP contribution in [-0.2, 0) is 4.79 Å². The molecule has 0 radical (unpaired) electrons. The summed E-state index contributed by atoms with van der Waals surface area (Å²) in [6.45, 7) is 0.582. The van der Waals surface area contributed by atoms with Crippen LogP contribution in [-0.4, -0.2) is 12.3 Å². The van der Waals surface area contributed by atoms with Crippen LogP contribution in [0.3, 0.4) is 0 Å². The third-order valence-electron chi connectivity index (χ3n) is 3.46. The van der Waals surface area contributed by atoms with Gasteiger partial charge in [-0.2, -0.15) is 0 Å². The standard InChI is InChI=1S/C10H17NO/c11-7-10(4-1-5-10)9(12)6-8-2-3-8/h8H,1-7,11H2. The van der Waals surface area contributed by atoms with Crippen LogP contribution < -0.4 is 5.73 Å². The highest BCUT2D eigenvalue weighted by molar-refractivity contribution is 5.86. The Morgan fingerprint density at radius 1 is 1.42 bits per heavy atom. The van der Waals surface area contributed by atoms with Crippen molar-refractivity contribution in [3.8, 4) is 0 Å². The molecule has 0 aromatic rings. The van der Waals surface area contributed by atoms with Crippen molar-refractivity contribution in [2.75, 3.05) is 6.54 Å². The summed E-state index contributed by atoms with van der Waals surface area (Å²) in [6, 6.07) is 0. The lowest BCUT2D eigenvalue weighted by molar-refractivity contribution is -0.133. The minimum absolute atomic E-state index is 0.0669. The van der Waals surface area contributed by atoms with Gasteiger partial charge >= 0.3 is 0 Å². The molecule has 2 saturated carbocycles. The lowest BCUT2D eigenvalue weighted by atomic mass is 9.65. The number of ketones is 1. The Balaban J connectivity index is 1.90. The van der Waals surface area contributed by atoms with Crippen molar-refractivity contribution in [1.82, 2.24) is 0 Å². The SMILES string of the molecule is NCC1(C(=O)CC2CC2)CCC1. The molecular weight excluding hydrogens is 150 g/mol. The predicted octanol–water partition coefficient (Wildman–Crippen LogP) is 1.48. The third-order valence-corrected chi connectivity index (χ3v) is 3.46. The lowest BCUT2D eigenvalue weighted by Crippen LogP contribution is -2.44. The molecule has 2 aliphatic carbocycles. The Labute approximate surface area is 73.5 Å². The molecule has 0 unspecified atom stereocenters. The summed E-state index contributed by atoms with van der Waals surface area (Å²) in [7, 11) is 0. The highest BCUT2D eigenvalue weighted by atomic mass is 16.1. The summed E-state index contributed by atoms with van der Waals surface area (Å²) in [5, 5.41) is 0. The first-order chi connectivity index (χ1) is 5.77. The Hall–Kier alpha value is -0.370. The molecule has 0 saturated heterocycles. The Kier molecular flexibility index (Phi) is 1.95. The summed E-state index contributed by atoms with van der Waals surface area (Å²) >= 11 is 0. The van der Waals surface area contributed by atoms with Crippen molar-refractivity contribution >= 4 is 5.78 Å². The van der Waals surface area contributed by atoms with Gasteiger partial charge in [0.05, 0.1) is 0 Å². The van der Waals surface area contributed by atoms with Crippen molar-refractivity contribution in [1.29, 1.82) is 0 Å². The monoisotopic (exact) mass is 167 g/mol. The summed E-state index contributed by atoms with van der Waals surface area (Å²) in [5.41, 5.74) is 5.58. The Morgan fingerprint density at radius 2 is 2.08 bits per heavy atom. The smallest absolute Gasteiger partial charge is 0.140 e. The van der Waals surface area contributed by atoms with E-state index in [1.807, 2.05) is 0 Å². The molecule has 0 heterocycles. The zero-order valence-corrected chi connectivity index (χ0v) is 7.51. The summed E-state index contributed by atoms with van der Waals surface area (Å²) in [6.07, 6.45) is 6.66. The number of carbonyl (C=O) groups excluding carboxylic acids is 1. The van der Waals surface area contributed by atoms with E-state index in [9.17, 15) is 4.79 Å². The van der Waals surface area contributed by atoms with Crippen molar-refractivity contribution < 1.29 is 4.79 Å². The van der Waals surface area contributed by atoms with Gasteiger partial charge in [0.2, 0.25) is 0 Å². The first-order valence-corrected chi connectivity index (χ1v) is 5.00. The second kappa shape index (κ2) is 2.84. The van der Waals surface area contributed by atoms with Gasteiger partial charge < -0.3 is 5.73 Å². The average molecular weight is 167 g/mol. The molecule has 2 rings (SSSR count). The maximum atomic E-state index is 11.7. The van der Waals surface area contributed by atoms with Gasteiger partial charge in [-0.15, -0.1) is 0 Å². The van der Waals surface area contributed by atoms with Crippen molar-refractivity contribution in [2.24, 2.45) is 17.1 Å². The molecule has 2 aliphatic rings. The third kappa shape index (κ3) is 1.28. The van der Waals surface area contributed by atoms with E-state index in [2.05, 4.69) is 0 Å². The van der Waals surface area contributed by atoms with E-state index in [0.717, 1.165) is 25.2 Å². The van der Waals surface area contributed by atoms with Crippen LogP contribution in [0.1, 0.15) is 38.5 Å². The van der Waals surface area contributed by atoms with E-state index in [-0.39, 0.29) is 5.41 Å². The topological polar surface area (TPSA) is 43.1 Å². The molecular formula is C10H17NO. The number of carbonyl (C=O) groups is 1. The largest absolute Gasteiger partial charge is 0.329 e.